The van der Waals surface area contributed by atoms with Gasteiger partial charge in [-0.05, 0) is 43.4 Å². The number of ether oxygens (including phenoxy) is 2. The summed E-state index contributed by atoms with van der Waals surface area (Å²) in [6, 6.07) is 8.74. The Labute approximate surface area is 122 Å². The Bertz CT molecular complexity index is 382. The topological polar surface area (TPSA) is 30.5 Å². The predicted molar refractivity (Wildman–Crippen MR) is 82.2 cm³/mol. The van der Waals surface area contributed by atoms with Crippen LogP contribution in [0.15, 0.2) is 24.3 Å². The van der Waals surface area contributed by atoms with Crippen molar-refractivity contribution in [1.82, 2.24) is 5.32 Å². The molecule has 1 aliphatic heterocycles. The van der Waals surface area contributed by atoms with Gasteiger partial charge in [0.1, 0.15) is 5.75 Å². The molecule has 0 unspecified atom stereocenters. The van der Waals surface area contributed by atoms with Gasteiger partial charge >= 0.3 is 0 Å². The Kier molecular flexibility index (Phi) is 5.86. The second kappa shape index (κ2) is 7.65. The minimum Gasteiger partial charge on any atom is -0.493 e. The van der Waals surface area contributed by atoms with Crippen LogP contribution in [0, 0.1) is 5.92 Å². The fraction of sp³-hybridized carbons (Fsp3) is 0.647. The highest BCUT2D eigenvalue weighted by Crippen LogP contribution is 2.19. The highest BCUT2D eigenvalue weighted by Gasteiger charge is 2.16. The molecule has 1 aromatic carbocycles. The zero-order chi connectivity index (χ0) is 14.4. The Morgan fingerprint density at radius 1 is 1.25 bits per heavy atom. The van der Waals surface area contributed by atoms with Crippen LogP contribution in [-0.4, -0.2) is 25.9 Å². The predicted octanol–water partition coefficient (Wildman–Crippen LogP) is 3.55. The molecule has 1 saturated heterocycles. The van der Waals surface area contributed by atoms with E-state index in [1.165, 1.54) is 18.4 Å². The van der Waals surface area contributed by atoms with Crippen LogP contribution in [-0.2, 0) is 4.74 Å². The molecule has 3 heteroatoms. The van der Waals surface area contributed by atoms with E-state index in [9.17, 15) is 0 Å². The average molecular weight is 277 g/mol. The summed E-state index contributed by atoms with van der Waals surface area (Å²) in [5.74, 6) is 1.51. The van der Waals surface area contributed by atoms with E-state index in [0.29, 0.717) is 18.1 Å². The first-order valence-electron chi connectivity index (χ1n) is 7.73. The fourth-order valence-electron chi connectivity index (χ4n) is 2.35. The van der Waals surface area contributed by atoms with Gasteiger partial charge in [-0.1, -0.05) is 26.0 Å². The molecule has 0 aliphatic carbocycles. The molecule has 1 aliphatic rings. The van der Waals surface area contributed by atoms with Crippen molar-refractivity contribution in [3.8, 4) is 5.75 Å². The maximum atomic E-state index is 5.70. The summed E-state index contributed by atoms with van der Waals surface area (Å²) >= 11 is 0. The van der Waals surface area contributed by atoms with E-state index in [-0.39, 0.29) is 0 Å². The van der Waals surface area contributed by atoms with Crippen molar-refractivity contribution in [2.75, 3.05) is 19.8 Å². The Balaban J connectivity index is 1.78. The van der Waals surface area contributed by atoms with Gasteiger partial charge < -0.3 is 14.8 Å². The van der Waals surface area contributed by atoms with E-state index in [1.807, 2.05) is 0 Å². The van der Waals surface area contributed by atoms with Crippen molar-refractivity contribution >= 4 is 0 Å². The lowest BCUT2D eigenvalue weighted by Crippen LogP contribution is -2.28. The zero-order valence-corrected chi connectivity index (χ0v) is 12.9. The smallest absolute Gasteiger partial charge is 0.119 e. The second-order valence-electron chi connectivity index (χ2n) is 6.04. The third-order valence-electron chi connectivity index (χ3n) is 3.64. The van der Waals surface area contributed by atoms with Crippen LogP contribution in [0.3, 0.4) is 0 Å². The summed E-state index contributed by atoms with van der Waals surface area (Å²) in [5, 5.41) is 3.54. The normalized spacial score (nSPS) is 20.3. The molecule has 0 saturated carbocycles. The molecule has 112 valence electrons. The van der Waals surface area contributed by atoms with E-state index in [2.05, 4.69) is 50.4 Å². The van der Waals surface area contributed by atoms with Crippen molar-refractivity contribution in [2.45, 2.75) is 45.8 Å². The fourth-order valence-corrected chi connectivity index (χ4v) is 2.35. The van der Waals surface area contributed by atoms with Gasteiger partial charge in [-0.2, -0.15) is 0 Å². The molecule has 3 nitrogen and oxygen atoms in total. The monoisotopic (exact) mass is 277 g/mol. The molecule has 1 N–H and O–H groups in total. The Hall–Kier alpha value is -1.06. The second-order valence-corrected chi connectivity index (χ2v) is 6.04. The summed E-state index contributed by atoms with van der Waals surface area (Å²) < 4.78 is 11.3. The lowest BCUT2D eigenvalue weighted by atomic mass is 10.1. The van der Waals surface area contributed by atoms with E-state index >= 15 is 0 Å². The van der Waals surface area contributed by atoms with Gasteiger partial charge in [-0.15, -0.1) is 0 Å². The molecule has 0 aromatic heterocycles. The quantitative estimate of drug-likeness (QED) is 0.826. The molecule has 2 atom stereocenters. The first-order chi connectivity index (χ1) is 9.65. The minimum atomic E-state index is 0.346. The number of hydrogen-bond donors (Lipinski definition) is 1. The minimum absolute atomic E-state index is 0.346. The maximum absolute atomic E-state index is 5.70. The first kappa shape index (κ1) is 15.3. The molecule has 1 aromatic rings. The molecule has 0 radical (unpaired) electrons. The van der Waals surface area contributed by atoms with Crippen LogP contribution < -0.4 is 10.1 Å². The Morgan fingerprint density at radius 2 is 2.00 bits per heavy atom. The average Bonchev–Trinajstić information content (AvgIpc) is 2.96. The summed E-state index contributed by atoms with van der Waals surface area (Å²) in [5.41, 5.74) is 1.29. The van der Waals surface area contributed by atoms with Gasteiger partial charge in [0.2, 0.25) is 0 Å². The van der Waals surface area contributed by atoms with Crippen LogP contribution >= 0.6 is 0 Å². The molecule has 1 heterocycles. The molecule has 2 rings (SSSR count). The van der Waals surface area contributed by atoms with Gasteiger partial charge in [-0.25, -0.2) is 0 Å². The third-order valence-corrected chi connectivity index (χ3v) is 3.64. The summed E-state index contributed by atoms with van der Waals surface area (Å²) in [7, 11) is 0. The lowest BCUT2D eigenvalue weighted by Gasteiger charge is -2.18. The van der Waals surface area contributed by atoms with Crippen molar-refractivity contribution in [2.24, 2.45) is 5.92 Å². The summed E-state index contributed by atoms with van der Waals surface area (Å²) in [4.78, 5) is 0. The molecular formula is C17H27NO2. The van der Waals surface area contributed by atoms with E-state index in [1.54, 1.807) is 0 Å². The number of rotatable bonds is 7. The van der Waals surface area contributed by atoms with Crippen molar-refractivity contribution < 1.29 is 9.47 Å². The molecule has 0 bridgehead atoms. The third kappa shape index (κ3) is 4.80. The number of hydrogen-bond acceptors (Lipinski definition) is 3. The maximum Gasteiger partial charge on any atom is 0.119 e. The zero-order valence-electron chi connectivity index (χ0n) is 12.9. The van der Waals surface area contributed by atoms with Crippen LogP contribution in [0.1, 0.15) is 45.2 Å². The van der Waals surface area contributed by atoms with Crippen molar-refractivity contribution in [1.29, 1.82) is 0 Å². The van der Waals surface area contributed by atoms with Gasteiger partial charge in [-0.3, -0.25) is 0 Å². The van der Waals surface area contributed by atoms with Crippen LogP contribution in [0.25, 0.3) is 0 Å². The largest absolute Gasteiger partial charge is 0.493 e. The standard InChI is InChI=1S/C17H27NO2/c1-13(2)12-20-16-8-6-15(7-9-16)14(3)18-11-17-5-4-10-19-17/h6-9,13-14,17-18H,4-5,10-12H2,1-3H3/t14-,17+/m0/s1. The highest BCUT2D eigenvalue weighted by atomic mass is 16.5. The lowest BCUT2D eigenvalue weighted by molar-refractivity contribution is 0.108. The van der Waals surface area contributed by atoms with E-state index in [4.69, 9.17) is 9.47 Å². The van der Waals surface area contributed by atoms with Gasteiger partial charge in [0, 0.05) is 19.2 Å². The molecule has 0 spiro atoms. The van der Waals surface area contributed by atoms with Crippen LogP contribution in [0.4, 0.5) is 0 Å². The van der Waals surface area contributed by atoms with Gasteiger partial charge in [0.25, 0.3) is 0 Å². The van der Waals surface area contributed by atoms with E-state index in [0.717, 1.165) is 25.5 Å². The van der Waals surface area contributed by atoms with E-state index < -0.39 is 0 Å². The number of nitrogens with one attached hydrogen (secondary N) is 1. The SMILES string of the molecule is CC(C)COc1ccc([C@H](C)NC[C@H]2CCCO2)cc1. The molecular weight excluding hydrogens is 250 g/mol. The highest BCUT2D eigenvalue weighted by molar-refractivity contribution is 5.28. The Morgan fingerprint density at radius 3 is 2.60 bits per heavy atom. The van der Waals surface area contributed by atoms with Gasteiger partial charge in [0.05, 0.1) is 12.7 Å². The molecule has 0 amide bonds. The summed E-state index contributed by atoms with van der Waals surface area (Å²) in [6.07, 6.45) is 2.77. The van der Waals surface area contributed by atoms with Crippen molar-refractivity contribution in [3.63, 3.8) is 0 Å². The van der Waals surface area contributed by atoms with Crippen LogP contribution in [0.5, 0.6) is 5.75 Å². The van der Waals surface area contributed by atoms with Crippen molar-refractivity contribution in [3.05, 3.63) is 29.8 Å². The van der Waals surface area contributed by atoms with Crippen LogP contribution in [0.2, 0.25) is 0 Å². The summed E-state index contributed by atoms with van der Waals surface area (Å²) in [6.45, 7) is 9.14. The number of benzene rings is 1. The molecule has 20 heavy (non-hydrogen) atoms. The van der Waals surface area contributed by atoms with Gasteiger partial charge in [0.15, 0.2) is 0 Å². The molecule has 1 fully saturated rings. The first-order valence-corrected chi connectivity index (χ1v) is 7.73.